The number of carbonyl (C=O) groups is 1. The molecule has 1 aromatic carbocycles. The highest BCUT2D eigenvalue weighted by molar-refractivity contribution is 6.07. The lowest BCUT2D eigenvalue weighted by Gasteiger charge is -2.29. The van der Waals surface area contributed by atoms with Crippen LogP contribution in [-0.4, -0.2) is 21.8 Å². The van der Waals surface area contributed by atoms with Gasteiger partial charge in [0, 0.05) is 18.4 Å². The summed E-state index contributed by atoms with van der Waals surface area (Å²) in [6, 6.07) is 12.3. The fraction of sp³-hybridized carbons (Fsp3) is 0.333. The molecule has 0 fully saturated rings. The van der Waals surface area contributed by atoms with E-state index < -0.39 is 0 Å². The fourth-order valence-electron chi connectivity index (χ4n) is 3.71. The van der Waals surface area contributed by atoms with Crippen molar-refractivity contribution in [2.24, 2.45) is 0 Å². The Bertz CT molecular complexity index is 941. The van der Waals surface area contributed by atoms with Crippen molar-refractivity contribution in [3.63, 3.8) is 0 Å². The summed E-state index contributed by atoms with van der Waals surface area (Å²) in [6.45, 7) is 4.93. The van der Waals surface area contributed by atoms with Crippen LogP contribution in [0.25, 0.3) is 5.65 Å². The SMILES string of the molecule is CCCc1nc2ccc(C)cn2c1C(=O)N1CCCc2ccccc21. The summed E-state index contributed by atoms with van der Waals surface area (Å²) in [6.07, 6.45) is 5.84. The maximum atomic E-state index is 13.5. The topological polar surface area (TPSA) is 37.6 Å². The van der Waals surface area contributed by atoms with E-state index in [1.54, 1.807) is 0 Å². The van der Waals surface area contributed by atoms with Crippen LogP contribution >= 0.6 is 0 Å². The van der Waals surface area contributed by atoms with E-state index in [9.17, 15) is 4.79 Å². The monoisotopic (exact) mass is 333 g/mol. The Hall–Kier alpha value is -2.62. The molecule has 4 nitrogen and oxygen atoms in total. The van der Waals surface area contributed by atoms with Crippen molar-refractivity contribution in [1.29, 1.82) is 0 Å². The molecule has 0 saturated carbocycles. The number of hydrogen-bond acceptors (Lipinski definition) is 2. The number of para-hydroxylation sites is 1. The highest BCUT2D eigenvalue weighted by atomic mass is 16.2. The Morgan fingerprint density at radius 1 is 1.20 bits per heavy atom. The Morgan fingerprint density at radius 2 is 2.04 bits per heavy atom. The van der Waals surface area contributed by atoms with Gasteiger partial charge >= 0.3 is 0 Å². The number of amides is 1. The largest absolute Gasteiger partial charge is 0.307 e. The number of anilines is 1. The maximum Gasteiger partial charge on any atom is 0.277 e. The number of hydrogen-bond donors (Lipinski definition) is 0. The number of nitrogens with zero attached hydrogens (tertiary/aromatic N) is 3. The van der Waals surface area contributed by atoms with E-state index in [1.165, 1.54) is 5.56 Å². The minimum absolute atomic E-state index is 0.0636. The minimum Gasteiger partial charge on any atom is -0.307 e. The third kappa shape index (κ3) is 2.72. The van der Waals surface area contributed by atoms with Gasteiger partial charge in [-0.15, -0.1) is 0 Å². The van der Waals surface area contributed by atoms with Gasteiger partial charge in [0.05, 0.1) is 5.69 Å². The molecule has 1 aliphatic heterocycles. The first-order valence-electron chi connectivity index (χ1n) is 9.06. The van der Waals surface area contributed by atoms with Gasteiger partial charge in [0.2, 0.25) is 0 Å². The van der Waals surface area contributed by atoms with Gasteiger partial charge in [0.1, 0.15) is 11.3 Å². The summed E-state index contributed by atoms with van der Waals surface area (Å²) in [5.74, 6) is 0.0636. The molecule has 2 aromatic heterocycles. The van der Waals surface area contributed by atoms with Gasteiger partial charge in [-0.2, -0.15) is 0 Å². The van der Waals surface area contributed by atoms with Crippen molar-refractivity contribution in [3.8, 4) is 0 Å². The molecule has 3 aromatic rings. The maximum absolute atomic E-state index is 13.5. The second-order valence-electron chi connectivity index (χ2n) is 6.78. The van der Waals surface area contributed by atoms with Crippen LogP contribution < -0.4 is 4.90 Å². The second-order valence-corrected chi connectivity index (χ2v) is 6.78. The summed E-state index contributed by atoms with van der Waals surface area (Å²) < 4.78 is 1.97. The molecule has 0 spiro atoms. The normalized spacial score (nSPS) is 13.9. The lowest BCUT2D eigenvalue weighted by Crippen LogP contribution is -2.36. The van der Waals surface area contributed by atoms with Gasteiger partial charge in [-0.05, 0) is 49.4 Å². The quantitative estimate of drug-likeness (QED) is 0.721. The van der Waals surface area contributed by atoms with Gasteiger partial charge < -0.3 is 4.90 Å². The van der Waals surface area contributed by atoms with Gasteiger partial charge in [-0.25, -0.2) is 4.98 Å². The number of aromatic nitrogens is 2. The molecular formula is C21H23N3O. The van der Waals surface area contributed by atoms with Gasteiger partial charge in [0.25, 0.3) is 5.91 Å². The van der Waals surface area contributed by atoms with E-state index >= 15 is 0 Å². The molecule has 1 amide bonds. The predicted octanol–water partition coefficient (Wildman–Crippen LogP) is 4.19. The number of pyridine rings is 1. The summed E-state index contributed by atoms with van der Waals surface area (Å²) in [7, 11) is 0. The molecule has 0 N–H and O–H groups in total. The molecule has 3 heterocycles. The van der Waals surface area contributed by atoms with E-state index in [1.807, 2.05) is 46.7 Å². The van der Waals surface area contributed by atoms with Crippen LogP contribution in [0.2, 0.25) is 0 Å². The van der Waals surface area contributed by atoms with Crippen LogP contribution in [0.4, 0.5) is 5.69 Å². The molecular weight excluding hydrogens is 310 g/mol. The van der Waals surface area contributed by atoms with Gasteiger partial charge in [0.15, 0.2) is 0 Å². The molecule has 0 unspecified atom stereocenters. The highest BCUT2D eigenvalue weighted by Crippen LogP contribution is 2.29. The van der Waals surface area contributed by atoms with Crippen molar-refractivity contribution >= 4 is 17.2 Å². The molecule has 0 aliphatic carbocycles. The van der Waals surface area contributed by atoms with Crippen molar-refractivity contribution in [3.05, 3.63) is 65.1 Å². The average molecular weight is 333 g/mol. The first kappa shape index (κ1) is 15.9. The van der Waals surface area contributed by atoms with E-state index in [0.29, 0.717) is 0 Å². The molecule has 0 saturated heterocycles. The van der Waals surface area contributed by atoms with Crippen LogP contribution in [0.1, 0.15) is 47.1 Å². The smallest absolute Gasteiger partial charge is 0.277 e. The van der Waals surface area contributed by atoms with Crippen LogP contribution in [-0.2, 0) is 12.8 Å². The number of imidazole rings is 1. The molecule has 0 radical (unpaired) electrons. The third-order valence-electron chi connectivity index (χ3n) is 4.88. The molecule has 4 rings (SSSR count). The zero-order valence-electron chi connectivity index (χ0n) is 14.8. The van der Waals surface area contributed by atoms with E-state index in [-0.39, 0.29) is 5.91 Å². The van der Waals surface area contributed by atoms with Crippen molar-refractivity contribution in [1.82, 2.24) is 9.38 Å². The Morgan fingerprint density at radius 3 is 2.88 bits per heavy atom. The van der Waals surface area contributed by atoms with E-state index in [4.69, 9.17) is 4.98 Å². The number of aryl methyl sites for hydroxylation is 3. The van der Waals surface area contributed by atoms with Crippen molar-refractivity contribution in [2.75, 3.05) is 11.4 Å². The predicted molar refractivity (Wildman–Crippen MR) is 100 cm³/mol. The molecule has 0 atom stereocenters. The van der Waals surface area contributed by atoms with Crippen LogP contribution in [0.5, 0.6) is 0 Å². The number of benzene rings is 1. The van der Waals surface area contributed by atoms with Gasteiger partial charge in [-0.3, -0.25) is 9.20 Å². The number of carbonyl (C=O) groups excluding carboxylic acids is 1. The highest BCUT2D eigenvalue weighted by Gasteiger charge is 2.28. The third-order valence-corrected chi connectivity index (χ3v) is 4.88. The summed E-state index contributed by atoms with van der Waals surface area (Å²) in [5, 5.41) is 0. The summed E-state index contributed by atoms with van der Waals surface area (Å²) >= 11 is 0. The zero-order valence-corrected chi connectivity index (χ0v) is 14.8. The number of rotatable bonds is 3. The molecule has 1 aliphatic rings. The lowest BCUT2D eigenvalue weighted by molar-refractivity contribution is 0.0978. The Labute approximate surface area is 148 Å². The minimum atomic E-state index is 0.0636. The summed E-state index contributed by atoms with van der Waals surface area (Å²) in [5.41, 5.74) is 5.90. The van der Waals surface area contributed by atoms with Crippen LogP contribution in [0, 0.1) is 6.92 Å². The average Bonchev–Trinajstić information content (AvgIpc) is 2.98. The van der Waals surface area contributed by atoms with E-state index in [2.05, 4.69) is 19.1 Å². The van der Waals surface area contributed by atoms with E-state index in [0.717, 1.165) is 60.5 Å². The molecule has 128 valence electrons. The molecule has 0 bridgehead atoms. The first-order valence-corrected chi connectivity index (χ1v) is 9.06. The second kappa shape index (κ2) is 6.36. The first-order chi connectivity index (χ1) is 12.2. The summed E-state index contributed by atoms with van der Waals surface area (Å²) in [4.78, 5) is 20.2. The van der Waals surface area contributed by atoms with Gasteiger partial charge in [-0.1, -0.05) is 37.6 Å². The zero-order chi connectivity index (χ0) is 17.4. The molecule has 25 heavy (non-hydrogen) atoms. The fourth-order valence-corrected chi connectivity index (χ4v) is 3.71. The molecule has 4 heteroatoms. The standard InChI is InChI=1S/C21H23N3O/c1-3-7-17-20(24-14-15(2)11-12-19(24)22-17)21(25)23-13-6-9-16-8-4-5-10-18(16)23/h4-5,8,10-12,14H,3,6-7,9,13H2,1-2H3. The van der Waals surface area contributed by atoms with Crippen LogP contribution in [0.15, 0.2) is 42.6 Å². The number of fused-ring (bicyclic) bond motifs is 2. The van der Waals surface area contributed by atoms with Crippen molar-refractivity contribution in [2.45, 2.75) is 39.5 Å². The lowest BCUT2D eigenvalue weighted by atomic mass is 10.0. The Kier molecular flexibility index (Phi) is 4.04. The van der Waals surface area contributed by atoms with Crippen LogP contribution in [0.3, 0.4) is 0 Å². The van der Waals surface area contributed by atoms with Crippen molar-refractivity contribution < 1.29 is 4.79 Å². The Balaban J connectivity index is 1.85.